The molecule has 1 rings (SSSR count). The first-order valence-electron chi connectivity index (χ1n) is 4.02. The third kappa shape index (κ3) is 4.51. The summed E-state index contributed by atoms with van der Waals surface area (Å²) in [6.45, 7) is 4.31. The molecule has 1 atom stereocenters. The zero-order valence-electron chi connectivity index (χ0n) is 7.37. The Morgan fingerprint density at radius 3 is 3.23 bits per heavy atom. The van der Waals surface area contributed by atoms with Crippen molar-refractivity contribution in [3.63, 3.8) is 0 Å². The van der Waals surface area contributed by atoms with E-state index in [0.717, 1.165) is 4.86 Å². The summed E-state index contributed by atoms with van der Waals surface area (Å²) in [5.74, 6) is 1.88. The van der Waals surface area contributed by atoms with Gasteiger partial charge in [-0.3, -0.25) is 0 Å². The van der Waals surface area contributed by atoms with Crippen LogP contribution < -0.4 is 0 Å². The van der Waals surface area contributed by atoms with Crippen molar-refractivity contribution in [2.75, 3.05) is 6.61 Å². The number of ether oxygens (including phenoxy) is 1. The van der Waals surface area contributed by atoms with Crippen LogP contribution >= 0.6 is 23.8 Å². The number of hydrogen-bond acceptors (Lipinski definition) is 2. The molecule has 1 aliphatic heterocycles. The van der Waals surface area contributed by atoms with Gasteiger partial charge in [-0.1, -0.05) is 0 Å². The first kappa shape index (κ1) is 10.8. The van der Waals surface area contributed by atoms with Crippen LogP contribution in [0.5, 0.6) is 0 Å². The van der Waals surface area contributed by atoms with Crippen molar-refractivity contribution in [2.45, 2.75) is 12.9 Å². The number of allylic oxidation sites excluding steroid dienone is 3. The molecular weight excluding hydrogens is 202 g/mol. The summed E-state index contributed by atoms with van der Waals surface area (Å²) in [7, 11) is 0. The monoisotopic (exact) mass is 212 g/mol. The summed E-state index contributed by atoms with van der Waals surface area (Å²) in [5, 5.41) is 0.710. The Bertz CT molecular complexity index is 283. The van der Waals surface area contributed by atoms with Crippen molar-refractivity contribution in [1.29, 1.82) is 0 Å². The van der Waals surface area contributed by atoms with E-state index in [4.69, 9.17) is 28.6 Å². The predicted molar refractivity (Wildman–Crippen MR) is 62.9 cm³/mol. The summed E-state index contributed by atoms with van der Waals surface area (Å²) >= 11 is 10.7. The first-order valence-corrected chi connectivity index (χ1v) is 4.80. The summed E-state index contributed by atoms with van der Waals surface area (Å²) in [4.78, 5) is 0.852. The van der Waals surface area contributed by atoms with Gasteiger partial charge >= 0.3 is 89.1 Å². The molecule has 0 radical (unpaired) electrons. The van der Waals surface area contributed by atoms with Gasteiger partial charge in [-0.15, -0.1) is 0 Å². The van der Waals surface area contributed by atoms with Crippen LogP contribution in [0.1, 0.15) is 6.92 Å². The quantitative estimate of drug-likeness (QED) is 0.522. The number of rotatable bonds is 3. The van der Waals surface area contributed by atoms with Gasteiger partial charge in [-0.25, -0.2) is 0 Å². The zero-order chi connectivity index (χ0) is 9.68. The standard InChI is InChI=1S/C9H10BClOS/c1-7(13)6-12-9-3-2-8(11)4-5-10-9/h2-5,9H,6H2,1H3. The maximum atomic E-state index is 5.79. The predicted octanol–water partition coefficient (Wildman–Crippen LogP) is 1.92. The first-order chi connectivity index (χ1) is 6.18. The molecule has 1 aliphatic rings. The fourth-order valence-corrected chi connectivity index (χ4v) is 1.10. The van der Waals surface area contributed by atoms with Crippen molar-refractivity contribution in [1.82, 2.24) is 0 Å². The van der Waals surface area contributed by atoms with Crippen LogP contribution in [0.3, 0.4) is 0 Å². The fraction of sp³-hybridized carbons (Fsp3) is 0.333. The summed E-state index contributed by atoms with van der Waals surface area (Å²) in [5.41, 5.74) is 0. The number of halogens is 1. The SMILES string of the molecule is CC(=S)COC1B=CC=C(Cl)C=C1. The number of thiocarbonyl (C=S) groups is 1. The van der Waals surface area contributed by atoms with Crippen LogP contribution in [-0.2, 0) is 4.74 Å². The average Bonchev–Trinajstić information content (AvgIpc) is 2.27. The van der Waals surface area contributed by atoms with Crippen molar-refractivity contribution in [3.05, 3.63) is 23.3 Å². The summed E-state index contributed by atoms with van der Waals surface area (Å²) in [6, 6.07) is -0.0228. The van der Waals surface area contributed by atoms with Gasteiger partial charge in [0, 0.05) is 0 Å². The molecule has 4 heteroatoms. The second kappa shape index (κ2) is 5.48. The minimum absolute atomic E-state index is 0.0228. The third-order valence-electron chi connectivity index (χ3n) is 1.48. The van der Waals surface area contributed by atoms with E-state index in [1.54, 1.807) is 0 Å². The second-order valence-electron chi connectivity index (χ2n) is 2.77. The molecular formula is C9H10BClOS. The normalized spacial score (nSPS) is 20.5. The van der Waals surface area contributed by atoms with Gasteiger partial charge in [0.05, 0.1) is 0 Å². The molecule has 0 saturated carbocycles. The van der Waals surface area contributed by atoms with Gasteiger partial charge in [-0.05, 0) is 0 Å². The van der Waals surface area contributed by atoms with Crippen molar-refractivity contribution in [3.8, 4) is 0 Å². The van der Waals surface area contributed by atoms with Gasteiger partial charge in [-0.2, -0.15) is 0 Å². The van der Waals surface area contributed by atoms with Crippen molar-refractivity contribution in [2.24, 2.45) is 0 Å². The summed E-state index contributed by atoms with van der Waals surface area (Å²) in [6.07, 6.45) is 5.55. The molecule has 1 heterocycles. The van der Waals surface area contributed by atoms with Gasteiger partial charge in [0.25, 0.3) is 0 Å². The van der Waals surface area contributed by atoms with E-state index in [0.29, 0.717) is 11.6 Å². The van der Waals surface area contributed by atoms with Crippen LogP contribution in [0, 0.1) is 0 Å². The van der Waals surface area contributed by atoms with Crippen LogP contribution in [0.4, 0.5) is 0 Å². The van der Waals surface area contributed by atoms with E-state index in [9.17, 15) is 0 Å². The molecule has 0 bridgehead atoms. The van der Waals surface area contributed by atoms with Crippen molar-refractivity contribution >= 4 is 41.6 Å². The topological polar surface area (TPSA) is 9.23 Å². The van der Waals surface area contributed by atoms with Gasteiger partial charge in [0.2, 0.25) is 0 Å². The maximum absolute atomic E-state index is 5.79. The molecule has 0 aromatic heterocycles. The molecule has 0 saturated heterocycles. The Morgan fingerprint density at radius 2 is 2.54 bits per heavy atom. The zero-order valence-corrected chi connectivity index (χ0v) is 8.94. The minimum atomic E-state index is -0.0228. The van der Waals surface area contributed by atoms with Crippen molar-refractivity contribution < 1.29 is 4.74 Å². The molecule has 68 valence electrons. The van der Waals surface area contributed by atoms with Crippen LogP contribution in [0.15, 0.2) is 23.3 Å². The van der Waals surface area contributed by atoms with E-state index in [1.165, 1.54) is 0 Å². The molecule has 0 amide bonds. The molecule has 0 aliphatic carbocycles. The molecule has 0 fully saturated rings. The van der Waals surface area contributed by atoms with E-state index in [1.807, 2.05) is 38.0 Å². The van der Waals surface area contributed by atoms with Crippen LogP contribution in [-0.4, -0.2) is 30.4 Å². The molecule has 0 N–H and O–H groups in total. The average molecular weight is 213 g/mol. The Morgan fingerprint density at radius 1 is 1.77 bits per heavy atom. The van der Waals surface area contributed by atoms with E-state index in [2.05, 4.69) is 0 Å². The third-order valence-corrected chi connectivity index (χ3v) is 1.85. The second-order valence-corrected chi connectivity index (χ2v) is 3.91. The molecule has 13 heavy (non-hydrogen) atoms. The molecule has 1 unspecified atom stereocenters. The molecule has 0 aromatic rings. The van der Waals surface area contributed by atoms with Gasteiger partial charge in [0.1, 0.15) is 0 Å². The summed E-state index contributed by atoms with van der Waals surface area (Å²) < 4.78 is 5.47. The van der Waals surface area contributed by atoms with Gasteiger partial charge < -0.3 is 0 Å². The Kier molecular flexibility index (Phi) is 4.56. The molecule has 0 spiro atoms. The molecule has 0 aromatic carbocycles. The Balaban J connectivity index is 2.46. The van der Waals surface area contributed by atoms with E-state index >= 15 is 0 Å². The van der Waals surface area contributed by atoms with Crippen LogP contribution in [0.25, 0.3) is 0 Å². The van der Waals surface area contributed by atoms with Crippen LogP contribution in [0.2, 0.25) is 0 Å². The van der Waals surface area contributed by atoms with E-state index in [-0.39, 0.29) is 6.00 Å². The number of hydrogen-bond donors (Lipinski definition) is 0. The van der Waals surface area contributed by atoms with E-state index < -0.39 is 0 Å². The fourth-order valence-electron chi connectivity index (χ4n) is 0.888. The Hall–Kier alpha value is -0.245. The Labute approximate surface area is 89.3 Å². The van der Waals surface area contributed by atoms with Gasteiger partial charge in [0.15, 0.2) is 0 Å². The molecule has 1 nitrogen and oxygen atoms in total.